The highest BCUT2D eigenvalue weighted by atomic mass is 16.5. The second-order valence-corrected chi connectivity index (χ2v) is 20.9. The summed E-state index contributed by atoms with van der Waals surface area (Å²) >= 11 is 0. The molecule has 0 saturated heterocycles. The zero-order chi connectivity index (χ0) is 42.7. The molecule has 0 amide bonds. The van der Waals surface area contributed by atoms with Gasteiger partial charge < -0.3 is 24.5 Å². The Morgan fingerprint density at radius 3 is 2.02 bits per heavy atom. The maximum atomic E-state index is 14.0. The molecule has 58 heavy (non-hydrogen) atoms. The molecule has 7 nitrogen and oxygen atoms in total. The summed E-state index contributed by atoms with van der Waals surface area (Å²) in [6, 6.07) is 16.5. The summed E-state index contributed by atoms with van der Waals surface area (Å²) in [5.41, 5.74) is 6.18. The lowest BCUT2D eigenvalue weighted by atomic mass is 9.63. The predicted octanol–water partition coefficient (Wildman–Crippen LogP) is 12.8. The normalized spacial score (nSPS) is 14.2. The Morgan fingerprint density at radius 1 is 0.776 bits per heavy atom. The molecule has 1 aliphatic rings. The first-order valence-electron chi connectivity index (χ1n) is 21.7. The lowest BCUT2D eigenvalue weighted by Crippen LogP contribution is -2.34. The van der Waals surface area contributed by atoms with Gasteiger partial charge in [0, 0.05) is 22.7 Å². The Labute approximate surface area is 349 Å². The van der Waals surface area contributed by atoms with Gasteiger partial charge in [-0.15, -0.1) is 0 Å². The van der Waals surface area contributed by atoms with Crippen LogP contribution in [0.15, 0.2) is 54.7 Å². The number of hydrogen-bond acceptors (Lipinski definition) is 6. The Hall–Kier alpha value is -4.10. The molecule has 0 aliphatic carbocycles. The Bertz CT molecular complexity index is 2080. The molecule has 0 unspecified atom stereocenters. The summed E-state index contributed by atoms with van der Waals surface area (Å²) in [5.74, 6) is 1.55. The van der Waals surface area contributed by atoms with E-state index in [9.17, 15) is 9.59 Å². The van der Waals surface area contributed by atoms with Crippen molar-refractivity contribution in [3.63, 3.8) is 0 Å². The van der Waals surface area contributed by atoms with Crippen LogP contribution in [-0.2, 0) is 28.0 Å². The van der Waals surface area contributed by atoms with E-state index in [0.29, 0.717) is 24.3 Å². The number of aryl methyl sites for hydroxylation is 2. The van der Waals surface area contributed by atoms with Gasteiger partial charge in [0.2, 0.25) is 0 Å². The molecule has 316 valence electrons. The van der Waals surface area contributed by atoms with Gasteiger partial charge in [0.1, 0.15) is 22.8 Å². The molecule has 2 N–H and O–H groups in total. The molecule has 5 rings (SSSR count). The third kappa shape index (κ3) is 11.5. The van der Waals surface area contributed by atoms with Gasteiger partial charge in [0.05, 0.1) is 18.4 Å². The van der Waals surface area contributed by atoms with Crippen LogP contribution in [0.2, 0.25) is 0 Å². The SMILES string of the molecule is CCCCCc1cc(OC(=O)CC(C)(C)CC(C)(C)CC(C)(C)CC(C)(C)CC(=O)Oc2cccc3[nH]cc(CCNC)c23)c2c(c1)OC(C)(C)c1ccc(C)cc1-2. The number of H-pyrrole nitrogens is 1. The summed E-state index contributed by atoms with van der Waals surface area (Å²) < 4.78 is 19.1. The second-order valence-electron chi connectivity index (χ2n) is 20.9. The minimum Gasteiger partial charge on any atom is -0.482 e. The number of nitrogens with one attached hydrogen (secondary N) is 2. The van der Waals surface area contributed by atoms with Gasteiger partial charge in [-0.1, -0.05) is 105 Å². The van der Waals surface area contributed by atoms with Crippen LogP contribution in [0.4, 0.5) is 0 Å². The van der Waals surface area contributed by atoms with Crippen LogP contribution in [0.1, 0.15) is 150 Å². The molecule has 7 heteroatoms. The van der Waals surface area contributed by atoms with E-state index in [2.05, 4.69) is 124 Å². The number of aromatic nitrogens is 1. The Balaban J connectivity index is 1.24. The molecule has 0 bridgehead atoms. The zero-order valence-electron chi connectivity index (χ0n) is 38.0. The van der Waals surface area contributed by atoms with E-state index in [1.165, 1.54) is 0 Å². The van der Waals surface area contributed by atoms with Gasteiger partial charge in [-0.3, -0.25) is 9.59 Å². The summed E-state index contributed by atoms with van der Waals surface area (Å²) in [7, 11) is 1.94. The van der Waals surface area contributed by atoms with Crippen molar-refractivity contribution in [1.82, 2.24) is 10.3 Å². The zero-order valence-corrected chi connectivity index (χ0v) is 38.0. The average Bonchev–Trinajstić information content (AvgIpc) is 3.48. The molecule has 3 aromatic carbocycles. The standard InChI is InChI=1S/C51H72N2O5/c1-14-15-16-18-35-26-41(46-37-25-34(2)21-22-38(37)51(11,12)58-42(46)27-35)57-44(55)29-48(5,6)32-50(9,10)33-49(7,8)31-47(3,4)28-43(54)56-40-20-17-19-39-45(40)36(30-53-39)23-24-52-13/h17,19-22,25-27,30,52-53H,14-16,18,23-24,28-29,31-33H2,1-13H3. The number of hydrogen-bond donors (Lipinski definition) is 2. The number of benzene rings is 3. The van der Waals surface area contributed by atoms with Crippen molar-refractivity contribution in [1.29, 1.82) is 0 Å². The maximum Gasteiger partial charge on any atom is 0.311 e. The molecule has 0 spiro atoms. The van der Waals surface area contributed by atoms with E-state index >= 15 is 0 Å². The van der Waals surface area contributed by atoms with Crippen LogP contribution < -0.4 is 19.5 Å². The van der Waals surface area contributed by atoms with Crippen LogP contribution in [0.3, 0.4) is 0 Å². The Morgan fingerprint density at radius 2 is 1.40 bits per heavy atom. The first-order chi connectivity index (χ1) is 27.0. The number of aromatic amines is 1. The molecule has 4 aromatic rings. The number of likely N-dealkylation sites (N-methyl/N-ethyl adjacent to an activating group) is 1. The fourth-order valence-corrected chi connectivity index (χ4v) is 10.5. The third-order valence-electron chi connectivity index (χ3n) is 11.6. The van der Waals surface area contributed by atoms with E-state index in [1.54, 1.807) is 0 Å². The van der Waals surface area contributed by atoms with E-state index in [0.717, 1.165) is 108 Å². The highest BCUT2D eigenvalue weighted by molar-refractivity contribution is 5.91. The van der Waals surface area contributed by atoms with Gasteiger partial charge in [-0.2, -0.15) is 0 Å². The van der Waals surface area contributed by atoms with Crippen molar-refractivity contribution < 1.29 is 23.8 Å². The van der Waals surface area contributed by atoms with Gasteiger partial charge in [0.15, 0.2) is 0 Å². The quantitative estimate of drug-likeness (QED) is 0.0558. The lowest BCUT2D eigenvalue weighted by Gasteiger charge is -2.42. The smallest absolute Gasteiger partial charge is 0.311 e. The molecule has 0 radical (unpaired) electrons. The van der Waals surface area contributed by atoms with Crippen molar-refractivity contribution in [2.45, 2.75) is 153 Å². The van der Waals surface area contributed by atoms with Gasteiger partial charge in [0.25, 0.3) is 0 Å². The van der Waals surface area contributed by atoms with Gasteiger partial charge in [-0.25, -0.2) is 0 Å². The van der Waals surface area contributed by atoms with E-state index in [1.807, 2.05) is 31.4 Å². The minimum atomic E-state index is -0.506. The van der Waals surface area contributed by atoms with Crippen molar-refractivity contribution in [2.75, 3.05) is 13.6 Å². The number of fused-ring (bicyclic) bond motifs is 4. The Kier molecular flexibility index (Phi) is 13.7. The monoisotopic (exact) mass is 793 g/mol. The van der Waals surface area contributed by atoms with Crippen LogP contribution >= 0.6 is 0 Å². The van der Waals surface area contributed by atoms with Crippen molar-refractivity contribution >= 4 is 22.8 Å². The number of rotatable bonds is 19. The molecular weight excluding hydrogens is 721 g/mol. The topological polar surface area (TPSA) is 89.7 Å². The molecule has 0 fully saturated rings. The molecule has 1 aliphatic heterocycles. The molecule has 2 heterocycles. The first-order valence-corrected chi connectivity index (χ1v) is 21.7. The van der Waals surface area contributed by atoms with Crippen LogP contribution in [0, 0.1) is 28.6 Å². The number of ether oxygens (including phenoxy) is 3. The fourth-order valence-electron chi connectivity index (χ4n) is 10.5. The number of esters is 2. The summed E-state index contributed by atoms with van der Waals surface area (Å²) in [5, 5.41) is 4.18. The largest absolute Gasteiger partial charge is 0.482 e. The number of carbonyl (C=O) groups is 2. The van der Waals surface area contributed by atoms with Gasteiger partial charge >= 0.3 is 11.9 Å². The van der Waals surface area contributed by atoms with Crippen molar-refractivity contribution in [2.24, 2.45) is 21.7 Å². The molecule has 0 saturated carbocycles. The average molecular weight is 793 g/mol. The summed E-state index contributed by atoms with van der Waals surface area (Å²) in [4.78, 5) is 30.8. The van der Waals surface area contributed by atoms with Crippen LogP contribution in [0.25, 0.3) is 22.0 Å². The molecule has 0 atom stereocenters. The number of unbranched alkanes of at least 4 members (excludes halogenated alkanes) is 2. The predicted molar refractivity (Wildman–Crippen MR) is 239 cm³/mol. The van der Waals surface area contributed by atoms with E-state index in [-0.39, 0.29) is 33.6 Å². The van der Waals surface area contributed by atoms with Crippen molar-refractivity contribution in [3.05, 3.63) is 77.0 Å². The fraction of sp³-hybridized carbons (Fsp3) is 0.569. The first kappa shape index (κ1) is 45.0. The minimum absolute atomic E-state index is 0.0680. The van der Waals surface area contributed by atoms with E-state index in [4.69, 9.17) is 14.2 Å². The van der Waals surface area contributed by atoms with Crippen molar-refractivity contribution in [3.8, 4) is 28.4 Å². The second kappa shape index (κ2) is 17.6. The lowest BCUT2D eigenvalue weighted by molar-refractivity contribution is -0.137. The van der Waals surface area contributed by atoms with Gasteiger partial charge in [-0.05, 0) is 136 Å². The highest BCUT2D eigenvalue weighted by Gasteiger charge is 2.40. The van der Waals surface area contributed by atoms with E-state index < -0.39 is 5.60 Å². The van der Waals surface area contributed by atoms with Crippen LogP contribution in [0.5, 0.6) is 17.2 Å². The third-order valence-corrected chi connectivity index (χ3v) is 11.6. The number of carbonyl (C=O) groups excluding carboxylic acids is 2. The molecule has 1 aromatic heterocycles. The molecular formula is C51H72N2O5. The summed E-state index contributed by atoms with van der Waals surface area (Å²) in [6.45, 7) is 27.3. The summed E-state index contributed by atoms with van der Waals surface area (Å²) in [6.07, 6.45) is 10.4. The highest BCUT2D eigenvalue weighted by Crippen LogP contribution is 2.51. The van der Waals surface area contributed by atoms with Crippen LogP contribution in [-0.4, -0.2) is 30.5 Å². The maximum absolute atomic E-state index is 14.0.